The molecule has 3 aliphatic rings. The Bertz CT molecular complexity index is 713. The normalized spacial score (nSPS) is 31.1. The van der Waals surface area contributed by atoms with Gasteiger partial charge in [0.2, 0.25) is 0 Å². The standard InChI is InChI=1S/C22H30Cl2N2O3/c1-25-21(27)19(29-20-16(23)6-4-7-17(20)24)15-8-10-22(9-5-13-28-22)14-18(15)26-11-2-3-12-26/h4,6-7,15,18-19H,2-3,5,8-14H2,1H3,(H,25,27). The van der Waals surface area contributed by atoms with Gasteiger partial charge < -0.3 is 14.8 Å². The first-order valence-corrected chi connectivity index (χ1v) is 11.5. The number of hydrogen-bond acceptors (Lipinski definition) is 4. The molecule has 1 amide bonds. The SMILES string of the molecule is CNC(=O)C(Oc1c(Cl)cccc1Cl)C1CCC2(CCCO2)CC1N1CCCC1. The second-order valence-electron chi connectivity index (χ2n) is 8.56. The van der Waals surface area contributed by atoms with E-state index in [9.17, 15) is 4.79 Å². The maximum atomic E-state index is 12.9. The Labute approximate surface area is 183 Å². The number of ether oxygens (including phenoxy) is 2. The Morgan fingerprint density at radius 3 is 2.59 bits per heavy atom. The van der Waals surface area contributed by atoms with Crippen molar-refractivity contribution in [2.24, 2.45) is 5.92 Å². The summed E-state index contributed by atoms with van der Waals surface area (Å²) in [5.74, 6) is 0.329. The van der Waals surface area contributed by atoms with Crippen molar-refractivity contribution in [2.75, 3.05) is 26.7 Å². The zero-order valence-corrected chi connectivity index (χ0v) is 18.5. The van der Waals surface area contributed by atoms with Crippen molar-refractivity contribution in [3.63, 3.8) is 0 Å². The highest BCUT2D eigenvalue weighted by molar-refractivity contribution is 6.37. The number of amides is 1. The topological polar surface area (TPSA) is 50.8 Å². The molecule has 2 saturated heterocycles. The molecular weight excluding hydrogens is 411 g/mol. The number of likely N-dealkylation sites (N-methyl/N-ethyl adjacent to an activating group) is 1. The van der Waals surface area contributed by atoms with Crippen molar-refractivity contribution in [3.8, 4) is 5.75 Å². The first kappa shape index (κ1) is 21.2. The van der Waals surface area contributed by atoms with Gasteiger partial charge in [0.1, 0.15) is 0 Å². The van der Waals surface area contributed by atoms with Crippen LogP contribution in [0.15, 0.2) is 18.2 Å². The Hall–Kier alpha value is -1.01. The summed E-state index contributed by atoms with van der Waals surface area (Å²) >= 11 is 12.7. The summed E-state index contributed by atoms with van der Waals surface area (Å²) < 4.78 is 12.5. The van der Waals surface area contributed by atoms with Gasteiger partial charge in [0.15, 0.2) is 11.9 Å². The molecule has 4 unspecified atom stereocenters. The lowest BCUT2D eigenvalue weighted by molar-refractivity contribution is -0.136. The fourth-order valence-corrected chi connectivity index (χ4v) is 5.88. The van der Waals surface area contributed by atoms with Gasteiger partial charge in [-0.1, -0.05) is 29.3 Å². The van der Waals surface area contributed by atoms with Crippen molar-refractivity contribution >= 4 is 29.1 Å². The molecule has 0 radical (unpaired) electrons. The number of likely N-dealkylation sites (tertiary alicyclic amines) is 1. The molecule has 1 N–H and O–H groups in total. The Morgan fingerprint density at radius 1 is 1.24 bits per heavy atom. The molecule has 7 heteroatoms. The van der Waals surface area contributed by atoms with Crippen molar-refractivity contribution in [2.45, 2.75) is 62.7 Å². The molecular formula is C22H30Cl2N2O3. The summed E-state index contributed by atoms with van der Waals surface area (Å²) in [6.07, 6.45) is 6.84. The number of carbonyl (C=O) groups excluding carboxylic acids is 1. The molecule has 0 bridgehead atoms. The number of nitrogens with one attached hydrogen (secondary N) is 1. The summed E-state index contributed by atoms with van der Waals surface area (Å²) in [5.41, 5.74) is -0.0287. The van der Waals surface area contributed by atoms with E-state index in [-0.39, 0.29) is 23.5 Å². The molecule has 2 heterocycles. The van der Waals surface area contributed by atoms with Gasteiger partial charge in [0.25, 0.3) is 5.91 Å². The Kier molecular flexibility index (Phi) is 6.59. The molecule has 1 aliphatic carbocycles. The maximum absolute atomic E-state index is 12.9. The number of hydrogen-bond donors (Lipinski definition) is 1. The van der Waals surface area contributed by atoms with Crippen LogP contribution in [-0.4, -0.2) is 55.3 Å². The molecule has 29 heavy (non-hydrogen) atoms. The summed E-state index contributed by atoms with van der Waals surface area (Å²) in [6.45, 7) is 3.00. The van der Waals surface area contributed by atoms with E-state index in [1.54, 1.807) is 25.2 Å². The number of nitrogens with zero attached hydrogens (tertiary/aromatic N) is 1. The third kappa shape index (κ3) is 4.39. The fraction of sp³-hybridized carbons (Fsp3) is 0.682. The molecule has 160 valence electrons. The highest BCUT2D eigenvalue weighted by atomic mass is 35.5. The average molecular weight is 441 g/mol. The number of para-hydroxylation sites is 1. The van der Waals surface area contributed by atoms with Gasteiger partial charge in [0, 0.05) is 25.6 Å². The molecule has 4 rings (SSSR count). The first-order valence-electron chi connectivity index (χ1n) is 10.7. The van der Waals surface area contributed by atoms with E-state index in [1.807, 2.05) is 0 Å². The molecule has 1 aromatic rings. The van der Waals surface area contributed by atoms with Gasteiger partial charge in [-0.05, 0) is 70.2 Å². The molecule has 0 aromatic heterocycles. The highest BCUT2D eigenvalue weighted by Crippen LogP contribution is 2.46. The lowest BCUT2D eigenvalue weighted by atomic mass is 9.71. The quantitative estimate of drug-likeness (QED) is 0.741. The maximum Gasteiger partial charge on any atom is 0.261 e. The molecule has 3 fully saturated rings. The van der Waals surface area contributed by atoms with Gasteiger partial charge in [-0.25, -0.2) is 0 Å². The van der Waals surface area contributed by atoms with E-state index in [2.05, 4.69) is 10.2 Å². The monoisotopic (exact) mass is 440 g/mol. The van der Waals surface area contributed by atoms with E-state index in [0.29, 0.717) is 15.8 Å². The third-order valence-corrected chi connectivity index (χ3v) is 7.46. The number of rotatable bonds is 5. The van der Waals surface area contributed by atoms with E-state index in [1.165, 1.54) is 12.8 Å². The minimum absolute atomic E-state index is 0.0287. The summed E-state index contributed by atoms with van der Waals surface area (Å²) in [5, 5.41) is 3.65. The van der Waals surface area contributed by atoms with Crippen LogP contribution in [0.25, 0.3) is 0 Å². The van der Waals surface area contributed by atoms with Crippen molar-refractivity contribution in [3.05, 3.63) is 28.2 Å². The largest absolute Gasteiger partial charge is 0.477 e. The number of carbonyl (C=O) groups is 1. The number of halogens is 2. The molecule has 1 aromatic carbocycles. The van der Waals surface area contributed by atoms with Gasteiger partial charge >= 0.3 is 0 Å². The summed E-state index contributed by atoms with van der Waals surface area (Å²) in [6, 6.07) is 5.52. The minimum atomic E-state index is -0.637. The lowest BCUT2D eigenvalue weighted by Gasteiger charge is -2.47. The predicted molar refractivity (Wildman–Crippen MR) is 115 cm³/mol. The Balaban J connectivity index is 1.63. The highest BCUT2D eigenvalue weighted by Gasteiger charge is 2.50. The smallest absolute Gasteiger partial charge is 0.261 e. The minimum Gasteiger partial charge on any atom is -0.477 e. The van der Waals surface area contributed by atoms with Crippen molar-refractivity contribution in [1.29, 1.82) is 0 Å². The van der Waals surface area contributed by atoms with Crippen LogP contribution in [0.3, 0.4) is 0 Å². The molecule has 5 nitrogen and oxygen atoms in total. The molecule has 4 atom stereocenters. The third-order valence-electron chi connectivity index (χ3n) is 6.86. The van der Waals surface area contributed by atoms with Crippen LogP contribution in [0.1, 0.15) is 44.9 Å². The van der Waals surface area contributed by atoms with E-state index < -0.39 is 6.10 Å². The first-order chi connectivity index (χ1) is 14.0. The molecule has 2 aliphatic heterocycles. The van der Waals surface area contributed by atoms with Gasteiger partial charge in [0.05, 0.1) is 15.6 Å². The van der Waals surface area contributed by atoms with Gasteiger partial charge in [-0.2, -0.15) is 0 Å². The van der Waals surface area contributed by atoms with E-state index in [4.69, 9.17) is 32.7 Å². The predicted octanol–water partition coefficient (Wildman–Crippen LogP) is 4.30. The molecule has 1 saturated carbocycles. The Morgan fingerprint density at radius 2 is 1.97 bits per heavy atom. The molecule has 1 spiro atoms. The van der Waals surface area contributed by atoms with Crippen LogP contribution in [0.2, 0.25) is 10.0 Å². The van der Waals surface area contributed by atoms with Crippen LogP contribution in [0.4, 0.5) is 0 Å². The van der Waals surface area contributed by atoms with Gasteiger partial charge in [-0.15, -0.1) is 0 Å². The van der Waals surface area contributed by atoms with Crippen LogP contribution in [-0.2, 0) is 9.53 Å². The average Bonchev–Trinajstić information content (AvgIpc) is 3.40. The number of benzene rings is 1. The summed E-state index contributed by atoms with van der Waals surface area (Å²) in [7, 11) is 1.65. The zero-order valence-electron chi connectivity index (χ0n) is 17.0. The second kappa shape index (κ2) is 9.01. The van der Waals surface area contributed by atoms with E-state index in [0.717, 1.165) is 51.8 Å². The van der Waals surface area contributed by atoms with E-state index >= 15 is 0 Å². The van der Waals surface area contributed by atoms with Crippen LogP contribution >= 0.6 is 23.2 Å². The zero-order chi connectivity index (χ0) is 20.4. The fourth-order valence-electron chi connectivity index (χ4n) is 5.40. The summed E-state index contributed by atoms with van der Waals surface area (Å²) in [4.78, 5) is 15.5. The lowest BCUT2D eigenvalue weighted by Crippen LogP contribution is -2.56. The second-order valence-corrected chi connectivity index (χ2v) is 9.37. The van der Waals surface area contributed by atoms with Crippen LogP contribution in [0.5, 0.6) is 5.75 Å². The van der Waals surface area contributed by atoms with Crippen LogP contribution in [0, 0.1) is 5.92 Å². The van der Waals surface area contributed by atoms with Crippen molar-refractivity contribution in [1.82, 2.24) is 10.2 Å². The van der Waals surface area contributed by atoms with Crippen molar-refractivity contribution < 1.29 is 14.3 Å². The van der Waals surface area contributed by atoms with Crippen LogP contribution < -0.4 is 10.1 Å². The van der Waals surface area contributed by atoms with Gasteiger partial charge in [-0.3, -0.25) is 9.69 Å².